The van der Waals surface area contributed by atoms with Gasteiger partial charge in [0.15, 0.2) is 8.38 Å². The van der Waals surface area contributed by atoms with Crippen molar-refractivity contribution >= 4 is 14.3 Å². The number of alkyl halides is 3. The van der Waals surface area contributed by atoms with E-state index in [0.29, 0.717) is 5.56 Å². The number of carboxylic acids is 1. The largest absolute Gasteiger partial charge is 0.490 e. The van der Waals surface area contributed by atoms with E-state index in [0.717, 1.165) is 0 Å². The monoisotopic (exact) mass is 286 g/mol. The zero-order valence-corrected chi connectivity index (χ0v) is 9.64. The summed E-state index contributed by atoms with van der Waals surface area (Å²) < 4.78 is 31.7. The van der Waals surface area contributed by atoms with Gasteiger partial charge in [0.25, 0.3) is 0 Å². The fourth-order valence-corrected chi connectivity index (χ4v) is 1.10. The molecule has 18 heavy (non-hydrogen) atoms. The van der Waals surface area contributed by atoms with Crippen molar-refractivity contribution < 1.29 is 32.9 Å². The molecule has 1 aromatic rings. The number of hydrogen-bond donors (Lipinski definition) is 4. The van der Waals surface area contributed by atoms with Crippen LogP contribution in [0.3, 0.4) is 0 Å². The normalized spacial score (nSPS) is 12.6. The second-order valence-electron chi connectivity index (χ2n) is 2.85. The van der Waals surface area contributed by atoms with E-state index < -0.39 is 26.3 Å². The molecule has 10 heteroatoms. The van der Waals surface area contributed by atoms with Gasteiger partial charge in [0, 0.05) is 12.4 Å². The molecule has 0 saturated carbocycles. The minimum Gasteiger partial charge on any atom is -0.475 e. The van der Waals surface area contributed by atoms with E-state index >= 15 is 0 Å². The Morgan fingerprint density at radius 3 is 2.22 bits per heavy atom. The third-order valence-corrected chi connectivity index (χ3v) is 2.31. The summed E-state index contributed by atoms with van der Waals surface area (Å²) in [5.74, 6) is -3.47. The maximum atomic E-state index is 10.6. The molecule has 0 bridgehead atoms. The van der Waals surface area contributed by atoms with Crippen molar-refractivity contribution in [2.75, 3.05) is 0 Å². The number of carbonyl (C=O) groups is 1. The number of aromatic nitrogens is 1. The second kappa shape index (κ2) is 7.22. The Balaban J connectivity index is 0.000000360. The van der Waals surface area contributed by atoms with Gasteiger partial charge < -0.3 is 20.6 Å². The predicted octanol–water partition coefficient (Wildman–Crippen LogP) is 0.969. The average molecular weight is 286 g/mol. The predicted molar refractivity (Wildman–Crippen MR) is 56.2 cm³/mol. The topological polar surface area (TPSA) is 117 Å². The van der Waals surface area contributed by atoms with Gasteiger partial charge in [-0.3, -0.25) is 4.98 Å². The van der Waals surface area contributed by atoms with Crippen molar-refractivity contribution in [2.24, 2.45) is 5.73 Å². The molecule has 0 aliphatic carbocycles. The lowest BCUT2D eigenvalue weighted by atomic mass is 10.3. The molecule has 0 fully saturated rings. The summed E-state index contributed by atoms with van der Waals surface area (Å²) in [6, 6.07) is 3.41. The van der Waals surface area contributed by atoms with Crippen LogP contribution in [-0.2, 0) is 4.79 Å². The van der Waals surface area contributed by atoms with E-state index in [4.69, 9.17) is 25.4 Å². The maximum Gasteiger partial charge on any atom is 0.490 e. The van der Waals surface area contributed by atoms with E-state index in [1.54, 1.807) is 18.3 Å². The van der Waals surface area contributed by atoms with E-state index in [1.165, 1.54) is 6.20 Å². The Morgan fingerprint density at radius 1 is 1.44 bits per heavy atom. The van der Waals surface area contributed by atoms with Crippen LogP contribution < -0.4 is 5.73 Å². The molecule has 0 aliphatic heterocycles. The van der Waals surface area contributed by atoms with Crippen LogP contribution in [-0.4, -0.2) is 32.0 Å². The van der Waals surface area contributed by atoms with Crippen LogP contribution in [0.5, 0.6) is 0 Å². The summed E-state index contributed by atoms with van der Waals surface area (Å²) in [5.41, 5.74) is 6.07. The Hall–Kier alpha value is -1.28. The first kappa shape index (κ1) is 16.7. The Kier molecular flexibility index (Phi) is 6.71. The highest BCUT2D eigenvalue weighted by molar-refractivity contribution is 7.45. The molecule has 1 unspecified atom stereocenters. The van der Waals surface area contributed by atoms with E-state index in [2.05, 4.69) is 4.98 Å². The summed E-state index contributed by atoms with van der Waals surface area (Å²) in [5, 5.41) is 7.12. The minimum atomic E-state index is -5.08. The molecule has 6 nitrogen and oxygen atoms in total. The first-order valence-electron chi connectivity index (χ1n) is 4.29. The number of rotatable bonds is 2. The number of hydrogen-bond acceptors (Lipinski definition) is 5. The van der Waals surface area contributed by atoms with Gasteiger partial charge in [-0.15, -0.1) is 0 Å². The van der Waals surface area contributed by atoms with Gasteiger partial charge in [0.1, 0.15) is 5.78 Å². The van der Waals surface area contributed by atoms with Gasteiger partial charge in [-0.2, -0.15) is 13.2 Å². The Bertz CT molecular complexity index is 374. The highest BCUT2D eigenvalue weighted by Crippen LogP contribution is 2.38. The summed E-state index contributed by atoms with van der Waals surface area (Å²) in [6.45, 7) is 0. The van der Waals surface area contributed by atoms with Crippen LogP contribution in [0.15, 0.2) is 24.5 Å². The highest BCUT2D eigenvalue weighted by atomic mass is 31.2. The molecule has 0 spiro atoms. The molecule has 1 aromatic heterocycles. The first-order valence-corrected chi connectivity index (χ1v) is 5.60. The van der Waals surface area contributed by atoms with Crippen LogP contribution in [0.4, 0.5) is 13.2 Å². The summed E-state index contributed by atoms with van der Waals surface area (Å²) >= 11 is 0. The number of halogens is 3. The van der Waals surface area contributed by atoms with Crippen molar-refractivity contribution in [3.05, 3.63) is 30.1 Å². The van der Waals surface area contributed by atoms with Crippen LogP contribution in [0.2, 0.25) is 0 Å². The molecule has 0 aliphatic rings. The first-order chi connectivity index (χ1) is 8.16. The van der Waals surface area contributed by atoms with Gasteiger partial charge >= 0.3 is 12.1 Å². The van der Waals surface area contributed by atoms with Crippen molar-refractivity contribution in [3.63, 3.8) is 0 Å². The van der Waals surface area contributed by atoms with Crippen LogP contribution in [0.1, 0.15) is 11.3 Å². The van der Waals surface area contributed by atoms with Crippen molar-refractivity contribution in [2.45, 2.75) is 12.0 Å². The zero-order chi connectivity index (χ0) is 14.3. The van der Waals surface area contributed by atoms with Gasteiger partial charge in [-0.25, -0.2) is 4.79 Å². The SMILES string of the molecule is NC(c1cccnc1)P(O)O.O=C(O)C(F)(F)F. The lowest BCUT2D eigenvalue weighted by molar-refractivity contribution is -0.192. The summed E-state index contributed by atoms with van der Waals surface area (Å²) in [4.78, 5) is 30.2. The average Bonchev–Trinajstić information content (AvgIpc) is 2.28. The Labute approximate surface area is 101 Å². The number of carboxylic acid groups (broad SMARTS) is 1. The van der Waals surface area contributed by atoms with Crippen LogP contribution in [0.25, 0.3) is 0 Å². The molecule has 1 heterocycles. The number of aliphatic carboxylic acids is 1. The highest BCUT2D eigenvalue weighted by Gasteiger charge is 2.38. The standard InChI is InChI=1S/C6H9N2O2P.C2HF3O2/c7-6(11(9)10)5-2-1-3-8-4-5;3-2(4,5)1(6)7/h1-4,6,9-10H,7H2;(H,6,7). The molecule has 102 valence electrons. The molecule has 1 atom stereocenters. The van der Waals surface area contributed by atoms with Crippen LogP contribution in [0, 0.1) is 0 Å². The van der Waals surface area contributed by atoms with E-state index in [-0.39, 0.29) is 0 Å². The maximum absolute atomic E-state index is 10.6. The lowest BCUT2D eigenvalue weighted by Gasteiger charge is -2.11. The van der Waals surface area contributed by atoms with Gasteiger partial charge in [-0.1, -0.05) is 6.07 Å². The minimum absolute atomic E-state index is 0.642. The van der Waals surface area contributed by atoms with E-state index in [1.807, 2.05) is 0 Å². The number of nitrogens with two attached hydrogens (primary N) is 1. The van der Waals surface area contributed by atoms with Crippen molar-refractivity contribution in [3.8, 4) is 0 Å². The molecule has 0 aromatic carbocycles. The fraction of sp³-hybridized carbons (Fsp3) is 0.250. The smallest absolute Gasteiger partial charge is 0.475 e. The summed E-state index contributed by atoms with van der Waals surface area (Å²) in [7, 11) is -2.10. The molecule has 0 saturated heterocycles. The van der Waals surface area contributed by atoms with E-state index in [9.17, 15) is 13.2 Å². The molecule has 0 amide bonds. The van der Waals surface area contributed by atoms with Gasteiger partial charge in [-0.05, 0) is 11.6 Å². The quantitative estimate of drug-likeness (QED) is 0.602. The van der Waals surface area contributed by atoms with Gasteiger partial charge in [0.2, 0.25) is 0 Å². The molecular formula is C8H10F3N2O4P. The third-order valence-electron chi connectivity index (χ3n) is 1.52. The third kappa shape index (κ3) is 6.45. The lowest BCUT2D eigenvalue weighted by Crippen LogP contribution is -2.21. The Morgan fingerprint density at radius 2 is 1.94 bits per heavy atom. The molecule has 1 rings (SSSR count). The van der Waals surface area contributed by atoms with Gasteiger partial charge in [0.05, 0.1) is 0 Å². The van der Waals surface area contributed by atoms with Crippen LogP contribution >= 0.6 is 8.38 Å². The zero-order valence-electron chi connectivity index (χ0n) is 8.74. The molecular weight excluding hydrogens is 276 g/mol. The van der Waals surface area contributed by atoms with Crippen molar-refractivity contribution in [1.29, 1.82) is 0 Å². The van der Waals surface area contributed by atoms with Crippen molar-refractivity contribution in [1.82, 2.24) is 4.98 Å². The molecule has 5 N–H and O–H groups in total. The fourth-order valence-electron chi connectivity index (χ4n) is 0.684. The summed E-state index contributed by atoms with van der Waals surface area (Å²) in [6.07, 6.45) is -1.96. The number of nitrogens with zero attached hydrogens (tertiary/aromatic N) is 1. The second-order valence-corrected chi connectivity index (χ2v) is 4.05. The number of pyridine rings is 1. The molecule has 0 radical (unpaired) electrons.